The molecular weight excluding hydrogens is 285 g/mol. The van der Waals surface area contributed by atoms with Gasteiger partial charge in [-0.2, -0.15) is 9.93 Å². The van der Waals surface area contributed by atoms with Crippen LogP contribution in [-0.4, -0.2) is 44.7 Å². The largest absolute Gasteiger partial charge is 0.394 e. The molecule has 4 atom stereocenters. The van der Waals surface area contributed by atoms with E-state index in [1.807, 2.05) is 0 Å². The molecule has 1 aliphatic rings. The Kier molecular flexibility index (Phi) is 4.68. The molecule has 2 rings (SSSR count). The highest BCUT2D eigenvalue weighted by Gasteiger charge is 2.46. The molecule has 1 unspecified atom stereocenters. The van der Waals surface area contributed by atoms with Crippen molar-refractivity contribution in [1.82, 2.24) is 9.55 Å². The van der Waals surface area contributed by atoms with Crippen LogP contribution in [-0.2, 0) is 16.1 Å². The molecule has 1 aromatic rings. The van der Waals surface area contributed by atoms with Gasteiger partial charge in [0, 0.05) is 11.8 Å². The minimum atomic E-state index is -1.46. The summed E-state index contributed by atoms with van der Waals surface area (Å²) in [5.41, 5.74) is 5.33. The number of nitrogens with zero attached hydrogens (tertiary/aromatic N) is 2. The monoisotopic (exact) mass is 301 g/mol. The van der Waals surface area contributed by atoms with Crippen LogP contribution in [0.25, 0.3) is 0 Å². The summed E-state index contributed by atoms with van der Waals surface area (Å²) >= 11 is 0. The zero-order valence-corrected chi connectivity index (χ0v) is 11.1. The first kappa shape index (κ1) is 15.6. The molecular formula is C12H16FN3O5. The number of allylic oxidation sites excluding steroid dienone is 1. The zero-order chi connectivity index (χ0) is 15.6. The van der Waals surface area contributed by atoms with Crippen LogP contribution in [0.3, 0.4) is 0 Å². The number of nitrogens with two attached hydrogens (primary N) is 1. The molecule has 0 aliphatic carbocycles. The molecule has 0 bridgehead atoms. The van der Waals surface area contributed by atoms with Crippen LogP contribution < -0.4 is 11.4 Å². The van der Waals surface area contributed by atoms with Gasteiger partial charge in [-0.3, -0.25) is 4.57 Å². The topological polar surface area (TPSA) is 120 Å². The number of aromatic nitrogens is 2. The van der Waals surface area contributed by atoms with E-state index in [4.69, 9.17) is 15.6 Å². The number of anilines is 1. The lowest BCUT2D eigenvalue weighted by Gasteiger charge is -2.19. The van der Waals surface area contributed by atoms with Crippen LogP contribution in [0.4, 0.5) is 10.3 Å². The fourth-order valence-electron chi connectivity index (χ4n) is 2.21. The normalized spacial score (nSPS) is 28.7. The van der Waals surface area contributed by atoms with Gasteiger partial charge in [0.1, 0.15) is 18.0 Å². The van der Waals surface area contributed by atoms with E-state index in [0.717, 1.165) is 4.57 Å². The maximum atomic E-state index is 12.7. The highest BCUT2D eigenvalue weighted by Crippen LogP contribution is 2.31. The maximum absolute atomic E-state index is 12.7. The Morgan fingerprint density at radius 3 is 2.95 bits per heavy atom. The van der Waals surface area contributed by atoms with Gasteiger partial charge < -0.3 is 20.7 Å². The van der Waals surface area contributed by atoms with Crippen LogP contribution in [0.15, 0.2) is 23.6 Å². The molecule has 9 heteroatoms. The van der Waals surface area contributed by atoms with E-state index in [9.17, 15) is 14.4 Å². The second-order valence-corrected chi connectivity index (χ2v) is 4.63. The fraction of sp³-hybridized carbons (Fsp3) is 0.500. The molecule has 0 amide bonds. The maximum Gasteiger partial charge on any atom is 0.351 e. The van der Waals surface area contributed by atoms with Crippen molar-refractivity contribution >= 4 is 5.82 Å². The Balaban J connectivity index is 2.43. The number of rotatable bonds is 5. The second kappa shape index (κ2) is 6.31. The molecule has 1 fully saturated rings. The molecule has 116 valence electrons. The van der Waals surface area contributed by atoms with Gasteiger partial charge in [0.15, 0.2) is 12.3 Å². The second-order valence-electron chi connectivity index (χ2n) is 4.63. The highest BCUT2D eigenvalue weighted by molar-refractivity contribution is 5.38. The Labute approximate surface area is 119 Å². The average Bonchev–Trinajstić information content (AvgIpc) is 2.78. The number of nitrogen functional groups attached to an aromatic ring is 1. The third-order valence-corrected chi connectivity index (χ3v) is 3.29. The molecule has 1 aromatic heterocycles. The minimum Gasteiger partial charge on any atom is -0.394 e. The third kappa shape index (κ3) is 2.81. The predicted octanol–water partition coefficient (Wildman–Crippen LogP) is -0.926. The fourth-order valence-corrected chi connectivity index (χ4v) is 2.21. The first-order chi connectivity index (χ1) is 10.0. The molecule has 0 saturated carbocycles. The summed E-state index contributed by atoms with van der Waals surface area (Å²) in [6.07, 6.45) is -1.95. The van der Waals surface area contributed by atoms with Crippen molar-refractivity contribution in [1.29, 1.82) is 0 Å². The third-order valence-electron chi connectivity index (χ3n) is 3.29. The van der Waals surface area contributed by atoms with Gasteiger partial charge in [-0.25, -0.2) is 4.79 Å². The quantitative estimate of drug-likeness (QED) is 0.601. The molecule has 4 N–H and O–H groups in total. The zero-order valence-electron chi connectivity index (χ0n) is 11.1. The van der Waals surface area contributed by atoms with Gasteiger partial charge in [-0.05, 0) is 10.9 Å². The first-order valence-corrected chi connectivity index (χ1v) is 6.23. The molecule has 21 heavy (non-hydrogen) atoms. The van der Waals surface area contributed by atoms with Gasteiger partial charge in [0.25, 0.3) is 0 Å². The van der Waals surface area contributed by atoms with Crippen molar-refractivity contribution in [3.8, 4) is 0 Å². The van der Waals surface area contributed by atoms with E-state index in [1.54, 1.807) is 6.08 Å². The summed E-state index contributed by atoms with van der Waals surface area (Å²) in [6, 6.07) is 0. The van der Waals surface area contributed by atoms with Crippen molar-refractivity contribution in [2.45, 2.75) is 31.0 Å². The summed E-state index contributed by atoms with van der Waals surface area (Å²) in [6.45, 7) is 3.01. The summed E-state index contributed by atoms with van der Waals surface area (Å²) in [7, 11) is 0. The smallest absolute Gasteiger partial charge is 0.351 e. The number of aliphatic hydroxyl groups excluding tert-OH is 2. The molecule has 2 heterocycles. The molecule has 8 nitrogen and oxygen atoms in total. The lowest BCUT2D eigenvalue weighted by Crippen LogP contribution is -2.37. The van der Waals surface area contributed by atoms with Crippen molar-refractivity contribution in [2.75, 3.05) is 12.3 Å². The Morgan fingerprint density at radius 1 is 1.67 bits per heavy atom. The average molecular weight is 301 g/mol. The molecule has 1 saturated heterocycles. The number of halogens is 1. The minimum absolute atomic E-state index is 0.0334. The summed E-state index contributed by atoms with van der Waals surface area (Å²) in [5.74, 6) is 0.0334. The highest BCUT2D eigenvalue weighted by atomic mass is 19.3. The number of hydrogen-bond acceptors (Lipinski definition) is 7. The Bertz CT molecular complexity index is 579. The van der Waals surface area contributed by atoms with Gasteiger partial charge >= 0.3 is 5.69 Å². The van der Waals surface area contributed by atoms with Gasteiger partial charge in [0.05, 0.1) is 6.61 Å². The van der Waals surface area contributed by atoms with E-state index in [1.165, 1.54) is 6.20 Å². The number of aliphatic hydroxyl groups is 2. The van der Waals surface area contributed by atoms with E-state index in [0.29, 0.717) is 12.0 Å². The van der Waals surface area contributed by atoms with Crippen LogP contribution >= 0.6 is 0 Å². The van der Waals surface area contributed by atoms with E-state index < -0.39 is 36.8 Å². The Morgan fingerprint density at radius 2 is 2.38 bits per heavy atom. The van der Waals surface area contributed by atoms with Crippen molar-refractivity contribution in [3.63, 3.8) is 0 Å². The van der Waals surface area contributed by atoms with E-state index in [2.05, 4.69) is 16.5 Å². The first-order valence-electron chi connectivity index (χ1n) is 6.23. The molecule has 0 spiro atoms. The van der Waals surface area contributed by atoms with Crippen molar-refractivity contribution < 1.29 is 24.4 Å². The number of hydrogen-bond donors (Lipinski definition) is 3. The van der Waals surface area contributed by atoms with Crippen molar-refractivity contribution in [2.24, 2.45) is 0 Å². The van der Waals surface area contributed by atoms with Gasteiger partial charge in [0.2, 0.25) is 0 Å². The van der Waals surface area contributed by atoms with E-state index >= 15 is 0 Å². The van der Waals surface area contributed by atoms with Crippen LogP contribution in [0.5, 0.6) is 0 Å². The lowest BCUT2D eigenvalue weighted by molar-refractivity contribution is -0.221. The SMILES string of the molecule is C=CCc1cn([C@@H]2OC(CO)[C@@H](O)[C@H]2OF)c(=O)nc1N. The van der Waals surface area contributed by atoms with Gasteiger partial charge in [-0.1, -0.05) is 6.08 Å². The van der Waals surface area contributed by atoms with Crippen LogP contribution in [0.2, 0.25) is 0 Å². The standard InChI is InChI=1S/C12H16FN3O5/c1-2-3-6-4-16(12(19)15-10(6)14)11-9(21-13)8(18)7(5-17)20-11/h2,4,7-9,11,17-18H,1,3,5H2,(H2,14,15,19)/t7?,8-,9-,11-/m1/s1. The molecule has 0 radical (unpaired) electrons. The summed E-state index contributed by atoms with van der Waals surface area (Å²) in [5, 5.41) is 18.8. The molecule has 0 aromatic carbocycles. The van der Waals surface area contributed by atoms with Crippen molar-refractivity contribution in [3.05, 3.63) is 34.9 Å². The van der Waals surface area contributed by atoms with Crippen LogP contribution in [0.1, 0.15) is 11.8 Å². The number of ether oxygens (including phenoxy) is 1. The van der Waals surface area contributed by atoms with Crippen LogP contribution in [0, 0.1) is 0 Å². The summed E-state index contributed by atoms with van der Waals surface area (Å²) in [4.78, 5) is 19.2. The molecule has 1 aliphatic heterocycles. The Hall–Kier alpha value is -1.81. The predicted molar refractivity (Wildman–Crippen MR) is 69.8 cm³/mol. The van der Waals surface area contributed by atoms with E-state index in [-0.39, 0.29) is 5.82 Å². The summed E-state index contributed by atoms with van der Waals surface area (Å²) < 4.78 is 18.9. The van der Waals surface area contributed by atoms with Gasteiger partial charge in [-0.15, -0.1) is 6.58 Å². The lowest BCUT2D eigenvalue weighted by atomic mass is 10.1.